The number of hydrogen-bond acceptors (Lipinski definition) is 2. The van der Waals surface area contributed by atoms with Crippen molar-refractivity contribution in [1.82, 2.24) is 9.78 Å². The van der Waals surface area contributed by atoms with Gasteiger partial charge in [-0.15, -0.1) is 0 Å². The van der Waals surface area contributed by atoms with E-state index >= 15 is 0 Å². The summed E-state index contributed by atoms with van der Waals surface area (Å²) in [6.07, 6.45) is 2.22. The van der Waals surface area contributed by atoms with E-state index in [1.807, 2.05) is 11.6 Å². The van der Waals surface area contributed by atoms with E-state index in [1.54, 1.807) is 0 Å². The van der Waals surface area contributed by atoms with Crippen LogP contribution < -0.4 is 5.73 Å². The van der Waals surface area contributed by atoms with Gasteiger partial charge in [0.1, 0.15) is 0 Å². The highest BCUT2D eigenvalue weighted by atomic mass is 79.9. The van der Waals surface area contributed by atoms with Crippen LogP contribution in [0.25, 0.3) is 0 Å². The number of hydrogen-bond donors (Lipinski definition) is 1. The fourth-order valence-electron chi connectivity index (χ4n) is 1.67. The summed E-state index contributed by atoms with van der Waals surface area (Å²) in [5.74, 6) is 0. The van der Waals surface area contributed by atoms with Gasteiger partial charge in [-0.3, -0.25) is 4.68 Å². The molecule has 0 fully saturated rings. The predicted molar refractivity (Wildman–Crippen MR) is 62.4 cm³/mol. The molecule has 1 aromatic heterocycles. The zero-order valence-electron chi connectivity index (χ0n) is 9.05. The van der Waals surface area contributed by atoms with Crippen LogP contribution >= 0.6 is 15.9 Å². The van der Waals surface area contributed by atoms with Crippen LogP contribution in [0, 0.1) is 13.8 Å². The molecular formula is C10H18BrN3. The van der Waals surface area contributed by atoms with Crippen molar-refractivity contribution < 1.29 is 0 Å². The molecule has 0 aliphatic rings. The van der Waals surface area contributed by atoms with Crippen molar-refractivity contribution in [3.05, 3.63) is 15.9 Å². The smallest absolute Gasteiger partial charge is 0.0738 e. The first-order valence-electron chi connectivity index (χ1n) is 5.03. The Morgan fingerprint density at radius 1 is 1.50 bits per heavy atom. The SMILES string of the molecule is CCCC(CN)n1nc(C)c(Br)c1C. The molecule has 0 aliphatic carbocycles. The van der Waals surface area contributed by atoms with E-state index < -0.39 is 0 Å². The third kappa shape index (κ3) is 2.17. The maximum atomic E-state index is 5.74. The first-order chi connectivity index (χ1) is 6.61. The number of aromatic nitrogens is 2. The van der Waals surface area contributed by atoms with Crippen LogP contribution in [0.4, 0.5) is 0 Å². The summed E-state index contributed by atoms with van der Waals surface area (Å²) in [5.41, 5.74) is 7.95. The third-order valence-corrected chi connectivity index (χ3v) is 3.62. The highest BCUT2D eigenvalue weighted by molar-refractivity contribution is 9.10. The molecule has 0 radical (unpaired) electrons. The Kier molecular flexibility index (Phi) is 4.13. The number of rotatable bonds is 4. The molecule has 0 saturated heterocycles. The third-order valence-electron chi connectivity index (χ3n) is 2.48. The molecule has 1 unspecified atom stereocenters. The first-order valence-corrected chi connectivity index (χ1v) is 5.82. The molecule has 4 heteroatoms. The molecule has 0 saturated carbocycles. The van der Waals surface area contributed by atoms with Crippen molar-refractivity contribution in [2.75, 3.05) is 6.54 Å². The average Bonchev–Trinajstić information content (AvgIpc) is 2.42. The highest BCUT2D eigenvalue weighted by Gasteiger charge is 2.15. The van der Waals surface area contributed by atoms with Crippen LogP contribution in [0.5, 0.6) is 0 Å². The second-order valence-electron chi connectivity index (χ2n) is 3.61. The molecule has 0 spiro atoms. The molecule has 0 aliphatic heterocycles. The van der Waals surface area contributed by atoms with E-state index in [1.165, 1.54) is 5.69 Å². The van der Waals surface area contributed by atoms with E-state index in [4.69, 9.17) is 5.73 Å². The number of halogens is 1. The molecule has 1 atom stereocenters. The van der Waals surface area contributed by atoms with Gasteiger partial charge >= 0.3 is 0 Å². The summed E-state index contributed by atoms with van der Waals surface area (Å²) in [5, 5.41) is 4.49. The van der Waals surface area contributed by atoms with Gasteiger partial charge in [-0.25, -0.2) is 0 Å². The lowest BCUT2D eigenvalue weighted by Gasteiger charge is -2.16. The summed E-state index contributed by atoms with van der Waals surface area (Å²) < 4.78 is 3.15. The minimum Gasteiger partial charge on any atom is -0.328 e. The Morgan fingerprint density at radius 2 is 2.14 bits per heavy atom. The monoisotopic (exact) mass is 259 g/mol. The van der Waals surface area contributed by atoms with Crippen molar-refractivity contribution >= 4 is 15.9 Å². The summed E-state index contributed by atoms with van der Waals surface area (Å²) in [6.45, 7) is 6.90. The zero-order chi connectivity index (χ0) is 10.7. The number of aryl methyl sites for hydroxylation is 1. The predicted octanol–water partition coefficient (Wildman–Crippen LogP) is 2.56. The standard InChI is InChI=1S/C10H18BrN3/c1-4-5-9(6-12)14-8(3)10(11)7(2)13-14/h9H,4-6,12H2,1-3H3. The highest BCUT2D eigenvalue weighted by Crippen LogP contribution is 2.24. The maximum Gasteiger partial charge on any atom is 0.0738 e. The molecule has 14 heavy (non-hydrogen) atoms. The van der Waals surface area contributed by atoms with Gasteiger partial charge in [0.25, 0.3) is 0 Å². The zero-order valence-corrected chi connectivity index (χ0v) is 10.6. The number of nitrogens with two attached hydrogens (primary N) is 1. The maximum absolute atomic E-state index is 5.74. The topological polar surface area (TPSA) is 43.8 Å². The van der Waals surface area contributed by atoms with E-state index in [-0.39, 0.29) is 0 Å². The normalized spacial score (nSPS) is 13.2. The lowest BCUT2D eigenvalue weighted by molar-refractivity contribution is 0.419. The molecule has 2 N–H and O–H groups in total. The molecule has 1 aromatic rings. The van der Waals surface area contributed by atoms with E-state index in [0.29, 0.717) is 12.6 Å². The fourth-order valence-corrected chi connectivity index (χ4v) is 1.93. The Labute approximate surface area is 93.8 Å². The van der Waals surface area contributed by atoms with Crippen LogP contribution in [0.3, 0.4) is 0 Å². The largest absolute Gasteiger partial charge is 0.328 e. The van der Waals surface area contributed by atoms with Gasteiger partial charge in [0, 0.05) is 6.54 Å². The van der Waals surface area contributed by atoms with Crippen LogP contribution in [-0.4, -0.2) is 16.3 Å². The minimum absolute atomic E-state index is 0.338. The summed E-state index contributed by atoms with van der Waals surface area (Å²) in [7, 11) is 0. The fraction of sp³-hybridized carbons (Fsp3) is 0.700. The van der Waals surface area contributed by atoms with Crippen molar-refractivity contribution in [2.24, 2.45) is 5.73 Å². The van der Waals surface area contributed by atoms with Crippen molar-refractivity contribution in [1.29, 1.82) is 0 Å². The van der Waals surface area contributed by atoms with Gasteiger partial charge in [0.05, 0.1) is 21.9 Å². The second kappa shape index (κ2) is 4.94. The van der Waals surface area contributed by atoms with Crippen LogP contribution in [0.1, 0.15) is 37.2 Å². The second-order valence-corrected chi connectivity index (χ2v) is 4.40. The Balaban J connectivity index is 2.98. The molecule has 80 valence electrons. The Bertz CT molecular complexity index is 307. The molecule has 0 bridgehead atoms. The quantitative estimate of drug-likeness (QED) is 0.904. The first kappa shape index (κ1) is 11.7. The van der Waals surface area contributed by atoms with Gasteiger partial charge in [-0.05, 0) is 36.2 Å². The Morgan fingerprint density at radius 3 is 2.50 bits per heavy atom. The molecule has 1 rings (SSSR count). The molecule has 1 heterocycles. The molecule has 3 nitrogen and oxygen atoms in total. The Hall–Kier alpha value is -0.350. The van der Waals surface area contributed by atoms with Crippen molar-refractivity contribution in [2.45, 2.75) is 39.7 Å². The van der Waals surface area contributed by atoms with E-state index in [9.17, 15) is 0 Å². The summed E-state index contributed by atoms with van der Waals surface area (Å²) in [4.78, 5) is 0. The molecule has 0 aromatic carbocycles. The molecular weight excluding hydrogens is 242 g/mol. The lowest BCUT2D eigenvalue weighted by Crippen LogP contribution is -2.21. The lowest BCUT2D eigenvalue weighted by atomic mass is 10.1. The van der Waals surface area contributed by atoms with Gasteiger partial charge in [-0.2, -0.15) is 5.10 Å². The van der Waals surface area contributed by atoms with Gasteiger partial charge in [0.2, 0.25) is 0 Å². The molecule has 0 amide bonds. The van der Waals surface area contributed by atoms with E-state index in [2.05, 4.69) is 34.9 Å². The van der Waals surface area contributed by atoms with Crippen LogP contribution in [-0.2, 0) is 0 Å². The number of nitrogens with zero attached hydrogens (tertiary/aromatic N) is 2. The van der Waals surface area contributed by atoms with Crippen molar-refractivity contribution in [3.8, 4) is 0 Å². The van der Waals surface area contributed by atoms with E-state index in [0.717, 1.165) is 23.0 Å². The summed E-state index contributed by atoms with van der Waals surface area (Å²) in [6, 6.07) is 0.338. The summed E-state index contributed by atoms with van der Waals surface area (Å²) >= 11 is 3.52. The van der Waals surface area contributed by atoms with Gasteiger partial charge < -0.3 is 5.73 Å². The average molecular weight is 260 g/mol. The minimum atomic E-state index is 0.338. The van der Waals surface area contributed by atoms with Crippen molar-refractivity contribution in [3.63, 3.8) is 0 Å². The van der Waals surface area contributed by atoms with Crippen LogP contribution in [0.15, 0.2) is 4.47 Å². The van der Waals surface area contributed by atoms with Gasteiger partial charge in [-0.1, -0.05) is 13.3 Å². The van der Waals surface area contributed by atoms with Crippen LogP contribution in [0.2, 0.25) is 0 Å². The van der Waals surface area contributed by atoms with Gasteiger partial charge in [0.15, 0.2) is 0 Å².